The summed E-state index contributed by atoms with van der Waals surface area (Å²) in [5.74, 6) is 1.01. The highest BCUT2D eigenvalue weighted by atomic mass is 19.1. The number of nitrogens with one attached hydrogen (secondary N) is 1. The average molecular weight is 430 g/mol. The van der Waals surface area contributed by atoms with E-state index in [2.05, 4.69) is 4.98 Å². The number of nitrogens with zero attached hydrogens (tertiary/aromatic N) is 1. The maximum atomic E-state index is 13.7. The van der Waals surface area contributed by atoms with Crippen LogP contribution in [0.25, 0.3) is 10.9 Å². The molecule has 0 radical (unpaired) electrons. The molecule has 162 valence electrons. The summed E-state index contributed by atoms with van der Waals surface area (Å²) in [5.41, 5.74) is 4.49. The Morgan fingerprint density at radius 2 is 1.75 bits per heavy atom. The number of methoxy groups -OCH3 is 2. The van der Waals surface area contributed by atoms with E-state index < -0.39 is 0 Å². The number of halogens is 1. The van der Waals surface area contributed by atoms with Gasteiger partial charge in [-0.1, -0.05) is 18.2 Å². The van der Waals surface area contributed by atoms with Gasteiger partial charge in [-0.3, -0.25) is 4.79 Å². The Bertz CT molecular complexity index is 1300. The SMILES string of the molecule is COc1cccc(C(=O)N2CCc3c([nH]c4ccc(OC)cc34)C2c2ccc(F)cc2)c1. The van der Waals surface area contributed by atoms with E-state index in [1.807, 2.05) is 35.2 Å². The molecule has 3 aromatic carbocycles. The number of ether oxygens (including phenoxy) is 2. The van der Waals surface area contributed by atoms with Gasteiger partial charge in [-0.05, 0) is 66.1 Å². The van der Waals surface area contributed by atoms with Crippen molar-refractivity contribution >= 4 is 16.8 Å². The smallest absolute Gasteiger partial charge is 0.254 e. The highest BCUT2D eigenvalue weighted by molar-refractivity contribution is 5.96. The molecule has 0 bridgehead atoms. The molecule has 0 aliphatic carbocycles. The maximum Gasteiger partial charge on any atom is 0.254 e. The largest absolute Gasteiger partial charge is 0.497 e. The number of carbonyl (C=O) groups is 1. The highest BCUT2D eigenvalue weighted by Crippen LogP contribution is 2.40. The van der Waals surface area contributed by atoms with Crippen molar-refractivity contribution in [1.29, 1.82) is 0 Å². The lowest BCUT2D eigenvalue weighted by atomic mass is 9.91. The third kappa shape index (κ3) is 3.38. The van der Waals surface area contributed by atoms with Crippen molar-refractivity contribution in [3.05, 3.63) is 94.9 Å². The fraction of sp³-hybridized carbons (Fsp3) is 0.192. The monoisotopic (exact) mass is 430 g/mol. The quantitative estimate of drug-likeness (QED) is 0.489. The molecule has 1 aliphatic rings. The van der Waals surface area contributed by atoms with Gasteiger partial charge in [-0.15, -0.1) is 0 Å². The van der Waals surface area contributed by atoms with E-state index in [9.17, 15) is 9.18 Å². The van der Waals surface area contributed by atoms with Crippen LogP contribution in [0.4, 0.5) is 4.39 Å². The number of rotatable bonds is 4. The van der Waals surface area contributed by atoms with Gasteiger partial charge < -0.3 is 19.4 Å². The second-order valence-corrected chi connectivity index (χ2v) is 7.86. The molecule has 1 aliphatic heterocycles. The number of aromatic nitrogens is 1. The minimum Gasteiger partial charge on any atom is -0.497 e. The summed E-state index contributed by atoms with van der Waals surface area (Å²) in [7, 11) is 3.23. The van der Waals surface area contributed by atoms with Crippen LogP contribution in [0, 0.1) is 5.82 Å². The summed E-state index contributed by atoms with van der Waals surface area (Å²) in [5, 5.41) is 1.08. The molecule has 0 spiro atoms. The first-order valence-electron chi connectivity index (χ1n) is 10.5. The Balaban J connectivity index is 1.65. The number of hydrogen-bond donors (Lipinski definition) is 1. The molecular weight excluding hydrogens is 407 g/mol. The molecule has 1 aromatic heterocycles. The summed E-state index contributed by atoms with van der Waals surface area (Å²) in [4.78, 5) is 19.0. The number of hydrogen-bond acceptors (Lipinski definition) is 3. The van der Waals surface area contributed by atoms with Crippen LogP contribution in [0.2, 0.25) is 0 Å². The van der Waals surface area contributed by atoms with Crippen LogP contribution < -0.4 is 9.47 Å². The Labute approximate surface area is 185 Å². The summed E-state index contributed by atoms with van der Waals surface area (Å²) >= 11 is 0. The van der Waals surface area contributed by atoms with E-state index in [1.165, 1.54) is 12.1 Å². The van der Waals surface area contributed by atoms with Gasteiger partial charge in [0.1, 0.15) is 17.3 Å². The zero-order chi connectivity index (χ0) is 22.2. The van der Waals surface area contributed by atoms with Gasteiger partial charge in [-0.25, -0.2) is 4.39 Å². The summed E-state index contributed by atoms with van der Waals surface area (Å²) in [6, 6.07) is 19.1. The Morgan fingerprint density at radius 3 is 2.50 bits per heavy atom. The topological polar surface area (TPSA) is 54.6 Å². The maximum absolute atomic E-state index is 13.7. The molecule has 5 nitrogen and oxygen atoms in total. The lowest BCUT2D eigenvalue weighted by molar-refractivity contribution is 0.0691. The Hall–Kier alpha value is -3.80. The van der Waals surface area contributed by atoms with E-state index in [1.54, 1.807) is 38.5 Å². The van der Waals surface area contributed by atoms with Crippen LogP contribution in [-0.2, 0) is 6.42 Å². The third-order valence-electron chi connectivity index (χ3n) is 6.10. The van der Waals surface area contributed by atoms with Gasteiger partial charge in [0, 0.05) is 28.7 Å². The van der Waals surface area contributed by atoms with Gasteiger partial charge in [-0.2, -0.15) is 0 Å². The molecule has 1 unspecified atom stereocenters. The number of benzene rings is 3. The zero-order valence-electron chi connectivity index (χ0n) is 17.9. The van der Waals surface area contributed by atoms with Gasteiger partial charge in [0.2, 0.25) is 0 Å². The van der Waals surface area contributed by atoms with Crippen molar-refractivity contribution in [3.63, 3.8) is 0 Å². The second-order valence-electron chi connectivity index (χ2n) is 7.86. The van der Waals surface area contributed by atoms with E-state index in [4.69, 9.17) is 9.47 Å². The van der Waals surface area contributed by atoms with Crippen molar-refractivity contribution in [1.82, 2.24) is 9.88 Å². The number of fused-ring (bicyclic) bond motifs is 3. The van der Waals surface area contributed by atoms with Crippen molar-refractivity contribution in [2.24, 2.45) is 0 Å². The first kappa shape index (κ1) is 20.1. The fourth-order valence-electron chi connectivity index (χ4n) is 4.53. The van der Waals surface area contributed by atoms with Gasteiger partial charge in [0.05, 0.1) is 20.3 Å². The van der Waals surface area contributed by atoms with Crippen LogP contribution >= 0.6 is 0 Å². The molecule has 0 fully saturated rings. The number of aromatic amines is 1. The number of H-pyrrole nitrogens is 1. The molecular formula is C26H23FN2O3. The Morgan fingerprint density at radius 1 is 1.00 bits per heavy atom. The molecule has 1 N–H and O–H groups in total. The molecule has 1 amide bonds. The summed E-state index contributed by atoms with van der Waals surface area (Å²) in [6.07, 6.45) is 0.704. The normalized spacial score (nSPS) is 15.5. The van der Waals surface area contributed by atoms with E-state index in [-0.39, 0.29) is 17.8 Å². The molecule has 0 saturated carbocycles. The van der Waals surface area contributed by atoms with Crippen LogP contribution in [0.5, 0.6) is 11.5 Å². The van der Waals surface area contributed by atoms with Gasteiger partial charge in [0.15, 0.2) is 0 Å². The predicted octanol–water partition coefficient (Wildman–Crippen LogP) is 5.11. The first-order chi connectivity index (χ1) is 15.6. The van der Waals surface area contributed by atoms with Gasteiger partial charge >= 0.3 is 0 Å². The minimum atomic E-state index is -0.364. The molecule has 4 aromatic rings. The van der Waals surface area contributed by atoms with E-state index in [0.717, 1.165) is 33.5 Å². The zero-order valence-corrected chi connectivity index (χ0v) is 17.9. The summed E-state index contributed by atoms with van der Waals surface area (Å²) in [6.45, 7) is 0.537. The van der Waals surface area contributed by atoms with Crippen molar-refractivity contribution < 1.29 is 18.7 Å². The third-order valence-corrected chi connectivity index (χ3v) is 6.10. The van der Waals surface area contributed by atoms with Crippen molar-refractivity contribution in [3.8, 4) is 11.5 Å². The van der Waals surface area contributed by atoms with Crippen LogP contribution in [0.1, 0.15) is 33.2 Å². The number of amides is 1. The summed E-state index contributed by atoms with van der Waals surface area (Å²) < 4.78 is 24.4. The number of carbonyl (C=O) groups excluding carboxylic acids is 1. The minimum absolute atomic E-state index is 0.0971. The molecule has 5 rings (SSSR count). The van der Waals surface area contributed by atoms with Crippen LogP contribution in [-0.4, -0.2) is 36.6 Å². The first-order valence-corrected chi connectivity index (χ1v) is 10.5. The fourth-order valence-corrected chi connectivity index (χ4v) is 4.53. The molecule has 1 atom stereocenters. The second kappa shape index (κ2) is 8.04. The van der Waals surface area contributed by atoms with E-state index >= 15 is 0 Å². The lowest BCUT2D eigenvalue weighted by Crippen LogP contribution is -2.40. The standard InChI is InChI=1S/C26H23FN2O3/c1-31-19-5-3-4-17(14-19)26(30)29-13-12-21-22-15-20(32-2)10-11-23(22)28-24(21)25(29)16-6-8-18(27)9-7-16/h3-11,14-15,25,28H,12-13H2,1-2H3. The molecule has 0 saturated heterocycles. The van der Waals surface area contributed by atoms with Crippen LogP contribution in [0.3, 0.4) is 0 Å². The van der Waals surface area contributed by atoms with Crippen molar-refractivity contribution in [2.45, 2.75) is 12.5 Å². The van der Waals surface area contributed by atoms with E-state index in [0.29, 0.717) is 24.3 Å². The van der Waals surface area contributed by atoms with Crippen molar-refractivity contribution in [2.75, 3.05) is 20.8 Å². The Kier molecular flexibility index (Phi) is 5.05. The lowest BCUT2D eigenvalue weighted by Gasteiger charge is -2.36. The highest BCUT2D eigenvalue weighted by Gasteiger charge is 2.35. The average Bonchev–Trinajstić information content (AvgIpc) is 3.21. The van der Waals surface area contributed by atoms with Crippen LogP contribution in [0.15, 0.2) is 66.7 Å². The molecule has 32 heavy (non-hydrogen) atoms. The van der Waals surface area contributed by atoms with Gasteiger partial charge in [0.25, 0.3) is 5.91 Å². The molecule has 2 heterocycles. The predicted molar refractivity (Wildman–Crippen MR) is 121 cm³/mol. The molecule has 6 heteroatoms.